The number of hydrogen-bond donors (Lipinski definition) is 1. The first-order valence-corrected chi connectivity index (χ1v) is 4.15. The fourth-order valence-electron chi connectivity index (χ4n) is 1.05. The van der Waals surface area contributed by atoms with E-state index in [1.807, 2.05) is 4.57 Å². The molecular formula is C9H12N2O2. The highest BCUT2D eigenvalue weighted by Crippen LogP contribution is 2.02. The summed E-state index contributed by atoms with van der Waals surface area (Å²) in [5, 5.41) is 8.42. The standard InChI is InChI=1S/C9H12N2O2/c1-2-5-11-7-10-6-8(11)3-4-9(12)13/h3-4,6-7H,2,5H2,1H3,(H,12,13). The van der Waals surface area contributed by atoms with Gasteiger partial charge in [0, 0.05) is 12.6 Å². The third-order valence-corrected chi connectivity index (χ3v) is 1.61. The lowest BCUT2D eigenvalue weighted by molar-refractivity contribution is -0.131. The van der Waals surface area contributed by atoms with Crippen LogP contribution in [0.1, 0.15) is 19.0 Å². The molecule has 1 N–H and O–H groups in total. The van der Waals surface area contributed by atoms with Gasteiger partial charge < -0.3 is 9.67 Å². The van der Waals surface area contributed by atoms with Crippen molar-refractivity contribution in [3.63, 3.8) is 0 Å². The molecule has 0 aromatic carbocycles. The zero-order valence-electron chi connectivity index (χ0n) is 7.47. The molecule has 4 nitrogen and oxygen atoms in total. The van der Waals surface area contributed by atoms with Crippen LogP contribution in [0.15, 0.2) is 18.6 Å². The zero-order chi connectivity index (χ0) is 9.68. The van der Waals surface area contributed by atoms with Crippen LogP contribution in [0.2, 0.25) is 0 Å². The number of aromatic nitrogens is 2. The van der Waals surface area contributed by atoms with E-state index < -0.39 is 5.97 Å². The number of carbonyl (C=O) groups is 1. The van der Waals surface area contributed by atoms with Crippen LogP contribution in [0.4, 0.5) is 0 Å². The fraction of sp³-hybridized carbons (Fsp3) is 0.333. The van der Waals surface area contributed by atoms with Crippen molar-refractivity contribution in [1.82, 2.24) is 9.55 Å². The number of carboxylic acids is 1. The van der Waals surface area contributed by atoms with Crippen molar-refractivity contribution < 1.29 is 9.90 Å². The Bertz CT molecular complexity index is 315. The Morgan fingerprint density at radius 1 is 1.77 bits per heavy atom. The number of hydrogen-bond acceptors (Lipinski definition) is 2. The molecule has 0 saturated heterocycles. The first-order valence-electron chi connectivity index (χ1n) is 4.15. The minimum atomic E-state index is -0.941. The second kappa shape index (κ2) is 4.45. The van der Waals surface area contributed by atoms with Crippen LogP contribution >= 0.6 is 0 Å². The van der Waals surface area contributed by atoms with Gasteiger partial charge in [-0.1, -0.05) is 6.92 Å². The first-order chi connectivity index (χ1) is 6.24. The maximum Gasteiger partial charge on any atom is 0.328 e. The first kappa shape index (κ1) is 9.51. The second-order valence-electron chi connectivity index (χ2n) is 2.68. The van der Waals surface area contributed by atoms with Crippen molar-refractivity contribution in [3.8, 4) is 0 Å². The molecular weight excluding hydrogens is 168 g/mol. The van der Waals surface area contributed by atoms with Crippen molar-refractivity contribution in [3.05, 3.63) is 24.3 Å². The number of rotatable bonds is 4. The van der Waals surface area contributed by atoms with Crippen LogP contribution < -0.4 is 0 Å². The predicted octanol–water partition coefficient (Wildman–Crippen LogP) is 1.39. The van der Waals surface area contributed by atoms with E-state index in [1.54, 1.807) is 18.6 Å². The maximum absolute atomic E-state index is 10.2. The van der Waals surface area contributed by atoms with Gasteiger partial charge in [-0.05, 0) is 12.5 Å². The van der Waals surface area contributed by atoms with Crippen LogP contribution in [-0.2, 0) is 11.3 Å². The summed E-state index contributed by atoms with van der Waals surface area (Å²) in [5.41, 5.74) is 0.823. The molecule has 1 rings (SSSR count). The summed E-state index contributed by atoms with van der Waals surface area (Å²) in [6, 6.07) is 0. The van der Waals surface area contributed by atoms with E-state index in [4.69, 9.17) is 5.11 Å². The summed E-state index contributed by atoms with van der Waals surface area (Å²) in [7, 11) is 0. The molecule has 0 fully saturated rings. The number of imidazole rings is 1. The summed E-state index contributed by atoms with van der Waals surface area (Å²) in [6.45, 7) is 2.92. The Labute approximate surface area is 76.5 Å². The summed E-state index contributed by atoms with van der Waals surface area (Å²) in [4.78, 5) is 14.2. The van der Waals surface area contributed by atoms with Gasteiger partial charge in [-0.25, -0.2) is 9.78 Å². The van der Waals surface area contributed by atoms with Crippen molar-refractivity contribution in [2.75, 3.05) is 0 Å². The summed E-state index contributed by atoms with van der Waals surface area (Å²) in [6.07, 6.45) is 7.01. The normalized spacial score (nSPS) is 10.8. The monoisotopic (exact) mass is 180 g/mol. The maximum atomic E-state index is 10.2. The van der Waals surface area contributed by atoms with E-state index in [0.717, 1.165) is 24.7 Å². The van der Waals surface area contributed by atoms with E-state index in [2.05, 4.69) is 11.9 Å². The zero-order valence-corrected chi connectivity index (χ0v) is 7.47. The lowest BCUT2D eigenvalue weighted by Crippen LogP contribution is -1.97. The molecule has 0 saturated carbocycles. The van der Waals surface area contributed by atoms with E-state index in [0.29, 0.717) is 0 Å². The van der Waals surface area contributed by atoms with Gasteiger partial charge in [0.15, 0.2) is 0 Å². The highest BCUT2D eigenvalue weighted by atomic mass is 16.4. The predicted molar refractivity (Wildman–Crippen MR) is 49.2 cm³/mol. The number of nitrogens with zero attached hydrogens (tertiary/aromatic N) is 2. The Morgan fingerprint density at radius 2 is 2.54 bits per heavy atom. The van der Waals surface area contributed by atoms with E-state index in [9.17, 15) is 4.79 Å². The molecule has 0 unspecified atom stereocenters. The van der Waals surface area contributed by atoms with Crippen molar-refractivity contribution in [2.24, 2.45) is 0 Å². The van der Waals surface area contributed by atoms with Gasteiger partial charge in [-0.2, -0.15) is 0 Å². The topological polar surface area (TPSA) is 55.1 Å². The van der Waals surface area contributed by atoms with Gasteiger partial charge in [-0.3, -0.25) is 0 Å². The van der Waals surface area contributed by atoms with Gasteiger partial charge >= 0.3 is 5.97 Å². The van der Waals surface area contributed by atoms with Crippen LogP contribution in [0.25, 0.3) is 6.08 Å². The van der Waals surface area contributed by atoms with Crippen LogP contribution in [0.5, 0.6) is 0 Å². The Morgan fingerprint density at radius 3 is 3.15 bits per heavy atom. The van der Waals surface area contributed by atoms with Crippen molar-refractivity contribution in [2.45, 2.75) is 19.9 Å². The third kappa shape index (κ3) is 2.74. The number of aryl methyl sites for hydroxylation is 1. The molecule has 0 bridgehead atoms. The van der Waals surface area contributed by atoms with Gasteiger partial charge in [0.1, 0.15) is 0 Å². The van der Waals surface area contributed by atoms with Gasteiger partial charge in [0.05, 0.1) is 18.2 Å². The van der Waals surface area contributed by atoms with Gasteiger partial charge in [0.2, 0.25) is 0 Å². The SMILES string of the molecule is CCCn1cncc1C=CC(=O)O. The third-order valence-electron chi connectivity index (χ3n) is 1.61. The smallest absolute Gasteiger partial charge is 0.328 e. The molecule has 70 valence electrons. The molecule has 1 aromatic rings. The van der Waals surface area contributed by atoms with E-state index in [1.165, 1.54) is 0 Å². The lowest BCUT2D eigenvalue weighted by atomic mass is 10.4. The van der Waals surface area contributed by atoms with Crippen LogP contribution in [0, 0.1) is 0 Å². The molecule has 1 aromatic heterocycles. The fourth-order valence-corrected chi connectivity index (χ4v) is 1.05. The molecule has 0 atom stereocenters. The van der Waals surface area contributed by atoms with Crippen molar-refractivity contribution >= 4 is 12.0 Å². The summed E-state index contributed by atoms with van der Waals surface area (Å²) < 4.78 is 1.92. The highest BCUT2D eigenvalue weighted by molar-refractivity contribution is 5.84. The highest BCUT2D eigenvalue weighted by Gasteiger charge is 1.96. The number of carboxylic acid groups (broad SMARTS) is 1. The summed E-state index contributed by atoms with van der Waals surface area (Å²) >= 11 is 0. The Hall–Kier alpha value is -1.58. The van der Waals surface area contributed by atoms with Crippen LogP contribution in [0.3, 0.4) is 0 Å². The molecule has 0 aliphatic heterocycles. The molecule has 1 heterocycles. The average Bonchev–Trinajstić information content (AvgIpc) is 2.49. The average molecular weight is 180 g/mol. The lowest BCUT2D eigenvalue weighted by Gasteiger charge is -2.00. The minimum absolute atomic E-state index is 0.823. The van der Waals surface area contributed by atoms with E-state index >= 15 is 0 Å². The Balaban J connectivity index is 2.75. The number of aliphatic carboxylic acids is 1. The molecule has 0 amide bonds. The quantitative estimate of drug-likeness (QED) is 0.712. The second-order valence-corrected chi connectivity index (χ2v) is 2.68. The van der Waals surface area contributed by atoms with Gasteiger partial charge in [0.25, 0.3) is 0 Å². The largest absolute Gasteiger partial charge is 0.478 e. The van der Waals surface area contributed by atoms with Crippen molar-refractivity contribution in [1.29, 1.82) is 0 Å². The van der Waals surface area contributed by atoms with Gasteiger partial charge in [-0.15, -0.1) is 0 Å². The minimum Gasteiger partial charge on any atom is -0.478 e. The molecule has 0 spiro atoms. The molecule has 0 aliphatic carbocycles. The molecule has 0 aliphatic rings. The molecule has 4 heteroatoms. The Kier molecular flexibility index (Phi) is 3.25. The molecule has 13 heavy (non-hydrogen) atoms. The molecule has 0 radical (unpaired) electrons. The van der Waals surface area contributed by atoms with E-state index in [-0.39, 0.29) is 0 Å². The van der Waals surface area contributed by atoms with Crippen LogP contribution in [-0.4, -0.2) is 20.6 Å². The summed E-state index contributed by atoms with van der Waals surface area (Å²) in [5.74, 6) is -0.941.